The predicted octanol–water partition coefficient (Wildman–Crippen LogP) is 1.55. The van der Waals surface area contributed by atoms with Crippen LogP contribution in [0.15, 0.2) is 22.7 Å². The number of nitrogens with zero attached hydrogens (tertiary/aromatic N) is 5. The van der Waals surface area contributed by atoms with Crippen LogP contribution in [0.2, 0.25) is 5.02 Å². The lowest BCUT2D eigenvalue weighted by atomic mass is 9.90. The number of anilines is 1. The quantitative estimate of drug-likeness (QED) is 0.0376. The molecular formula is C29H32ClN7O11S2. The van der Waals surface area contributed by atoms with Crippen molar-refractivity contribution in [3.8, 4) is 11.5 Å². The van der Waals surface area contributed by atoms with Gasteiger partial charge >= 0.3 is 18.0 Å². The number of phenolic OH excluding ortho intramolecular Hbond substituents is 2. The van der Waals surface area contributed by atoms with Crippen LogP contribution in [-0.4, -0.2) is 123 Å². The number of carbonyl (C=O) groups excluding carboxylic acids is 4. The Balaban J connectivity index is 1.22. The van der Waals surface area contributed by atoms with Crippen LogP contribution < -0.4 is 11.2 Å². The van der Waals surface area contributed by atoms with E-state index in [1.807, 2.05) is 0 Å². The average molecular weight is 754 g/mol. The topological polar surface area (TPSA) is 266 Å². The molecule has 4 heterocycles. The van der Waals surface area contributed by atoms with E-state index in [1.54, 1.807) is 0 Å². The highest BCUT2D eigenvalue weighted by molar-refractivity contribution is 8.02. The number of oxime groups is 1. The Hall–Kier alpha value is -4.66. The number of fused-ring (bicyclic) bond motifs is 1. The number of Topliss-reactive ketones (excluding diaryl/α,β-unsaturated/α-hetero) is 2. The molecule has 3 aliphatic heterocycles. The molecule has 0 radical (unpaired) electrons. The maximum atomic E-state index is 13.5. The van der Waals surface area contributed by atoms with Crippen LogP contribution in [0.25, 0.3) is 0 Å². The summed E-state index contributed by atoms with van der Waals surface area (Å²) in [6.07, 6.45) is -0.190. The highest BCUT2D eigenvalue weighted by Crippen LogP contribution is 2.53. The number of β-lactam (4-membered cyclic amide) rings is 1. The molecule has 50 heavy (non-hydrogen) atoms. The first kappa shape index (κ1) is 36.6. The third-order valence-electron chi connectivity index (χ3n) is 8.32. The van der Waals surface area contributed by atoms with Gasteiger partial charge in [-0.25, -0.2) is 24.8 Å². The first-order valence-electron chi connectivity index (χ1n) is 15.0. The number of hydrazine groups is 1. The normalized spacial score (nSPS) is 22.1. The minimum atomic E-state index is -1.85. The number of carboxylic acid groups (broad SMARTS) is 2. The van der Waals surface area contributed by atoms with Crippen LogP contribution >= 0.6 is 34.7 Å². The molecule has 0 aliphatic carbocycles. The van der Waals surface area contributed by atoms with Crippen LogP contribution in [0.3, 0.4) is 0 Å². The summed E-state index contributed by atoms with van der Waals surface area (Å²) >= 11 is 7.83. The fourth-order valence-electron chi connectivity index (χ4n) is 5.47. The Morgan fingerprint density at radius 1 is 1.20 bits per heavy atom. The number of hydrogen-bond donors (Lipinski definition) is 6. The molecule has 3 atom stereocenters. The number of halogens is 1. The molecule has 1 unspecified atom stereocenters. The number of thioether (sulfide) groups is 1. The average Bonchev–Trinajstić information content (AvgIpc) is 3.76. The molecule has 2 aromatic rings. The van der Waals surface area contributed by atoms with E-state index in [2.05, 4.69) is 15.6 Å². The van der Waals surface area contributed by atoms with Gasteiger partial charge in [0.05, 0.1) is 29.4 Å². The van der Waals surface area contributed by atoms with Crippen molar-refractivity contribution < 1.29 is 54.0 Å². The molecule has 268 valence electrons. The van der Waals surface area contributed by atoms with E-state index >= 15 is 0 Å². The van der Waals surface area contributed by atoms with Crippen LogP contribution in [0.1, 0.15) is 49.2 Å². The second kappa shape index (κ2) is 13.9. The summed E-state index contributed by atoms with van der Waals surface area (Å²) in [6, 6.07) is 1.77. The Bertz CT molecular complexity index is 1800. The number of amides is 3. The minimum absolute atomic E-state index is 0.00353. The monoisotopic (exact) mass is 753 g/mol. The Labute approximate surface area is 296 Å². The third-order valence-corrected chi connectivity index (χ3v) is 11.1. The highest BCUT2D eigenvalue weighted by Gasteiger charge is 2.66. The molecule has 5 rings (SSSR count). The van der Waals surface area contributed by atoms with Gasteiger partial charge in [-0.15, -0.1) is 11.3 Å². The summed E-state index contributed by atoms with van der Waals surface area (Å²) < 4.78 is 0. The number of nitrogens with one attached hydrogen (secondary N) is 1. The molecule has 1 aromatic carbocycles. The SMILES string of the molecule is CC(C)(O/N=C(\C(=O)CC1C(=O)N2C[C@@](C(=O)O)(N3CCN(NCCCC(=O)c4ccc(O)c(O)c4Cl)C3=O)S[C@H]12)c1csc(N)n1)C(=O)O. The number of ketones is 2. The van der Waals surface area contributed by atoms with Gasteiger partial charge < -0.3 is 35.9 Å². The second-order valence-corrected chi connectivity index (χ2v) is 14.7. The number of aromatic nitrogens is 1. The molecule has 3 fully saturated rings. The standard InChI is InChI=1S/C29H32ClN7O11S2/c1-28(2,24(43)44)48-34-20(15-11-49-26(31)33-15)18(40)10-14-22(42)35-12-29(25(45)46,50-23(14)35)36-8-9-37(27(36)47)32-7-3-4-16(38)13-5-6-17(39)21(41)19(13)30/h5-6,11,14,23,32,39,41H,3-4,7-10,12H2,1-2H3,(H2,31,33)(H,43,44)(H,45,46)/b34-20-/t14?,23-,29-/m1/s1. The summed E-state index contributed by atoms with van der Waals surface area (Å²) in [7, 11) is 0. The number of phenols is 2. The van der Waals surface area contributed by atoms with Crippen molar-refractivity contribution in [3.05, 3.63) is 33.8 Å². The van der Waals surface area contributed by atoms with Gasteiger partial charge in [0.25, 0.3) is 0 Å². The van der Waals surface area contributed by atoms with Crippen LogP contribution in [0, 0.1) is 5.92 Å². The van der Waals surface area contributed by atoms with Crippen LogP contribution in [0.4, 0.5) is 9.93 Å². The zero-order valence-corrected chi connectivity index (χ0v) is 28.9. The number of thiazole rings is 1. The molecule has 0 bridgehead atoms. The van der Waals surface area contributed by atoms with Gasteiger partial charge in [-0.2, -0.15) is 0 Å². The summed E-state index contributed by atoms with van der Waals surface area (Å²) in [5.74, 6) is -6.36. The lowest BCUT2D eigenvalue weighted by molar-refractivity contribution is -0.161. The first-order valence-corrected chi connectivity index (χ1v) is 17.1. The molecule has 21 heteroatoms. The summed E-state index contributed by atoms with van der Waals surface area (Å²) in [4.78, 5) is 86.7. The molecule has 0 saturated carbocycles. The molecule has 1 aromatic heterocycles. The van der Waals surface area contributed by atoms with E-state index in [4.69, 9.17) is 22.2 Å². The molecule has 7 N–H and O–H groups in total. The number of aromatic hydroxyl groups is 2. The maximum absolute atomic E-state index is 13.5. The van der Waals surface area contributed by atoms with Gasteiger partial charge in [0.1, 0.15) is 5.69 Å². The Morgan fingerprint density at radius 3 is 2.56 bits per heavy atom. The number of nitrogens with two attached hydrogens (primary N) is 1. The van der Waals surface area contributed by atoms with Gasteiger partial charge in [-0.3, -0.25) is 24.3 Å². The van der Waals surface area contributed by atoms with Crippen molar-refractivity contribution >= 4 is 81.0 Å². The van der Waals surface area contributed by atoms with Gasteiger partial charge in [-0.1, -0.05) is 28.5 Å². The van der Waals surface area contributed by atoms with Crippen molar-refractivity contribution in [2.24, 2.45) is 11.1 Å². The molecule has 3 aliphatic rings. The Kier molecular flexibility index (Phi) is 10.2. The lowest BCUT2D eigenvalue weighted by Crippen LogP contribution is -2.60. The molecule has 0 spiro atoms. The highest BCUT2D eigenvalue weighted by atomic mass is 35.5. The van der Waals surface area contributed by atoms with E-state index in [1.165, 1.54) is 35.2 Å². The van der Waals surface area contributed by atoms with Gasteiger partial charge in [0.15, 0.2) is 33.9 Å². The van der Waals surface area contributed by atoms with E-state index in [0.29, 0.717) is 0 Å². The number of nitrogen functional groups attached to an aromatic ring is 1. The van der Waals surface area contributed by atoms with Gasteiger partial charge in [0.2, 0.25) is 16.4 Å². The number of benzene rings is 1. The van der Waals surface area contributed by atoms with Crippen molar-refractivity contribution in [2.75, 3.05) is 31.9 Å². The van der Waals surface area contributed by atoms with Crippen molar-refractivity contribution in [2.45, 2.75) is 49.0 Å². The fraction of sp³-hybridized carbons (Fsp3) is 0.448. The third kappa shape index (κ3) is 6.74. The van der Waals surface area contributed by atoms with Crippen LogP contribution in [0.5, 0.6) is 11.5 Å². The number of urea groups is 1. The lowest BCUT2D eigenvalue weighted by Gasteiger charge is -2.40. The van der Waals surface area contributed by atoms with Crippen molar-refractivity contribution in [3.63, 3.8) is 0 Å². The number of carbonyl (C=O) groups is 6. The fourth-order valence-corrected chi connectivity index (χ4v) is 7.97. The van der Waals surface area contributed by atoms with E-state index in [9.17, 15) is 49.2 Å². The zero-order chi connectivity index (χ0) is 36.7. The van der Waals surface area contributed by atoms with Gasteiger partial charge in [0, 0.05) is 36.9 Å². The maximum Gasteiger partial charge on any atom is 0.350 e. The minimum Gasteiger partial charge on any atom is -0.504 e. The van der Waals surface area contributed by atoms with Crippen molar-refractivity contribution in [1.29, 1.82) is 0 Å². The summed E-state index contributed by atoms with van der Waals surface area (Å²) in [5.41, 5.74) is 6.49. The van der Waals surface area contributed by atoms with E-state index < -0.39 is 75.1 Å². The first-order chi connectivity index (χ1) is 23.5. The zero-order valence-electron chi connectivity index (χ0n) is 26.5. The summed E-state index contributed by atoms with van der Waals surface area (Å²) in [6.45, 7) is 2.39. The smallest absolute Gasteiger partial charge is 0.350 e. The molecule has 18 nitrogen and oxygen atoms in total. The second-order valence-electron chi connectivity index (χ2n) is 12.0. The number of rotatable bonds is 15. The predicted molar refractivity (Wildman–Crippen MR) is 178 cm³/mol. The summed E-state index contributed by atoms with van der Waals surface area (Å²) in [5, 5.41) is 44.5. The number of hydrogen-bond acceptors (Lipinski definition) is 15. The Morgan fingerprint density at radius 2 is 1.92 bits per heavy atom. The number of carboxylic acids is 2. The van der Waals surface area contributed by atoms with Crippen molar-refractivity contribution in [1.82, 2.24) is 25.2 Å². The molecule has 3 amide bonds. The van der Waals surface area contributed by atoms with Crippen LogP contribution in [-0.2, 0) is 24.0 Å². The van der Waals surface area contributed by atoms with Gasteiger partial charge in [-0.05, 0) is 32.4 Å². The van der Waals surface area contributed by atoms with E-state index in [-0.39, 0.29) is 66.1 Å². The molecular weight excluding hydrogens is 722 g/mol. The number of aliphatic carboxylic acids is 2. The molecule has 3 saturated heterocycles. The van der Waals surface area contributed by atoms with E-state index in [0.717, 1.165) is 34.1 Å². The largest absolute Gasteiger partial charge is 0.504 e.